The largest absolute Gasteiger partial charge is 0.508 e. The summed E-state index contributed by atoms with van der Waals surface area (Å²) in [6.45, 7) is 2.20. The maximum Gasteiger partial charge on any atom is 0.119 e. The lowest BCUT2D eigenvalue weighted by molar-refractivity contribution is 0.469. The molecule has 0 aliphatic rings. The maximum atomic E-state index is 9.92. The molecule has 0 aromatic heterocycles. The predicted molar refractivity (Wildman–Crippen MR) is 76.0 cm³/mol. The van der Waals surface area contributed by atoms with Crippen LogP contribution >= 0.6 is 0 Å². The van der Waals surface area contributed by atoms with Gasteiger partial charge < -0.3 is 5.11 Å². The molecule has 0 atom stereocenters. The van der Waals surface area contributed by atoms with Gasteiger partial charge in [-0.25, -0.2) is 0 Å². The molecule has 0 heterocycles. The van der Waals surface area contributed by atoms with E-state index in [0.29, 0.717) is 5.75 Å². The second-order valence-corrected chi connectivity index (χ2v) is 4.73. The average molecular weight is 240 g/mol. The first-order valence-electron chi connectivity index (χ1n) is 6.64. The standard InChI is InChI=1S/C17H20O/c1-2-3-7-15-10-11-17(18)16(13-15)12-14-8-5-4-6-9-14/h4-6,8-11,13,18H,2-3,7,12H2,1H3. The van der Waals surface area contributed by atoms with Crippen molar-refractivity contribution in [3.05, 3.63) is 65.2 Å². The van der Waals surface area contributed by atoms with Gasteiger partial charge in [-0.2, -0.15) is 0 Å². The first kappa shape index (κ1) is 12.7. The van der Waals surface area contributed by atoms with E-state index in [1.807, 2.05) is 30.3 Å². The minimum atomic E-state index is 0.402. The van der Waals surface area contributed by atoms with Crippen LogP contribution in [0, 0.1) is 0 Å². The third kappa shape index (κ3) is 3.36. The van der Waals surface area contributed by atoms with Gasteiger partial charge in [0.05, 0.1) is 0 Å². The lowest BCUT2D eigenvalue weighted by Gasteiger charge is -2.08. The van der Waals surface area contributed by atoms with Gasteiger partial charge in [0.2, 0.25) is 0 Å². The zero-order valence-corrected chi connectivity index (χ0v) is 10.9. The van der Waals surface area contributed by atoms with Crippen molar-refractivity contribution in [2.75, 3.05) is 0 Å². The molecule has 0 saturated heterocycles. The Kier molecular flexibility index (Phi) is 4.40. The van der Waals surface area contributed by atoms with Crippen molar-refractivity contribution in [1.82, 2.24) is 0 Å². The molecular formula is C17H20O. The van der Waals surface area contributed by atoms with E-state index in [1.54, 1.807) is 0 Å². The molecule has 2 aromatic carbocycles. The molecule has 18 heavy (non-hydrogen) atoms. The van der Waals surface area contributed by atoms with Crippen LogP contribution in [0.2, 0.25) is 0 Å². The molecule has 0 radical (unpaired) electrons. The molecule has 2 aromatic rings. The zero-order valence-electron chi connectivity index (χ0n) is 10.9. The number of aromatic hydroxyl groups is 1. The topological polar surface area (TPSA) is 20.2 Å². The van der Waals surface area contributed by atoms with Crippen LogP contribution in [0.15, 0.2) is 48.5 Å². The third-order valence-corrected chi connectivity index (χ3v) is 3.20. The number of benzene rings is 2. The lowest BCUT2D eigenvalue weighted by atomic mass is 9.99. The number of phenols is 1. The number of unbranched alkanes of at least 4 members (excludes halogenated alkanes) is 1. The SMILES string of the molecule is CCCCc1ccc(O)c(Cc2ccccc2)c1. The molecule has 0 spiro atoms. The predicted octanol–water partition coefficient (Wildman–Crippen LogP) is 4.33. The fourth-order valence-corrected chi connectivity index (χ4v) is 2.13. The van der Waals surface area contributed by atoms with Crippen molar-refractivity contribution in [1.29, 1.82) is 0 Å². The summed E-state index contributed by atoms with van der Waals surface area (Å²) in [7, 11) is 0. The first-order valence-corrected chi connectivity index (χ1v) is 6.64. The van der Waals surface area contributed by atoms with E-state index in [0.717, 1.165) is 18.4 Å². The van der Waals surface area contributed by atoms with Crippen LogP contribution in [0.25, 0.3) is 0 Å². The van der Waals surface area contributed by atoms with E-state index in [-0.39, 0.29) is 0 Å². The maximum absolute atomic E-state index is 9.92. The van der Waals surface area contributed by atoms with Gasteiger partial charge in [0, 0.05) is 6.42 Å². The van der Waals surface area contributed by atoms with Gasteiger partial charge in [0.1, 0.15) is 5.75 Å². The van der Waals surface area contributed by atoms with Crippen LogP contribution in [0.5, 0.6) is 5.75 Å². The summed E-state index contributed by atoms with van der Waals surface area (Å²) in [5, 5.41) is 9.92. The minimum absolute atomic E-state index is 0.402. The third-order valence-electron chi connectivity index (χ3n) is 3.20. The van der Waals surface area contributed by atoms with E-state index >= 15 is 0 Å². The highest BCUT2D eigenvalue weighted by molar-refractivity contribution is 5.39. The van der Waals surface area contributed by atoms with Gasteiger partial charge >= 0.3 is 0 Å². The summed E-state index contributed by atoms with van der Waals surface area (Å²) in [5.41, 5.74) is 3.58. The Hall–Kier alpha value is -1.76. The zero-order chi connectivity index (χ0) is 12.8. The van der Waals surface area contributed by atoms with Crippen molar-refractivity contribution in [2.24, 2.45) is 0 Å². The molecule has 94 valence electrons. The second-order valence-electron chi connectivity index (χ2n) is 4.73. The highest BCUT2D eigenvalue weighted by atomic mass is 16.3. The van der Waals surface area contributed by atoms with E-state index in [4.69, 9.17) is 0 Å². The normalized spacial score (nSPS) is 10.5. The van der Waals surface area contributed by atoms with Gasteiger partial charge in [-0.3, -0.25) is 0 Å². The Morgan fingerprint density at radius 1 is 0.944 bits per heavy atom. The van der Waals surface area contributed by atoms with E-state index in [2.05, 4.69) is 25.1 Å². The van der Waals surface area contributed by atoms with Crippen molar-refractivity contribution >= 4 is 0 Å². The van der Waals surface area contributed by atoms with Crippen LogP contribution in [0.3, 0.4) is 0 Å². The fraction of sp³-hybridized carbons (Fsp3) is 0.294. The number of rotatable bonds is 5. The first-order chi connectivity index (χ1) is 8.79. The molecule has 1 N–H and O–H groups in total. The molecule has 2 rings (SSSR count). The van der Waals surface area contributed by atoms with Crippen molar-refractivity contribution in [3.8, 4) is 5.75 Å². The van der Waals surface area contributed by atoms with Crippen molar-refractivity contribution in [3.63, 3.8) is 0 Å². The number of phenolic OH excluding ortho intramolecular Hbond substituents is 1. The smallest absolute Gasteiger partial charge is 0.119 e. The molecule has 0 bridgehead atoms. The molecule has 0 unspecified atom stereocenters. The molecule has 1 nitrogen and oxygen atoms in total. The Morgan fingerprint density at radius 2 is 1.72 bits per heavy atom. The summed E-state index contributed by atoms with van der Waals surface area (Å²) in [5.74, 6) is 0.402. The number of hydrogen-bond donors (Lipinski definition) is 1. The monoisotopic (exact) mass is 240 g/mol. The summed E-state index contributed by atoms with van der Waals surface area (Å²) < 4.78 is 0. The van der Waals surface area contributed by atoms with E-state index < -0.39 is 0 Å². The lowest BCUT2D eigenvalue weighted by Crippen LogP contribution is -1.92. The van der Waals surface area contributed by atoms with Crippen LogP contribution in [-0.2, 0) is 12.8 Å². The van der Waals surface area contributed by atoms with E-state index in [1.165, 1.54) is 24.0 Å². The van der Waals surface area contributed by atoms with Gasteiger partial charge in [0.15, 0.2) is 0 Å². The Bertz CT molecular complexity index is 488. The van der Waals surface area contributed by atoms with Gasteiger partial charge in [-0.05, 0) is 35.6 Å². The molecule has 0 fully saturated rings. The Labute approximate surface area is 109 Å². The summed E-state index contributed by atoms with van der Waals surface area (Å²) in [6.07, 6.45) is 4.30. The highest BCUT2D eigenvalue weighted by Crippen LogP contribution is 2.22. The quantitative estimate of drug-likeness (QED) is 0.825. The minimum Gasteiger partial charge on any atom is -0.508 e. The molecular weight excluding hydrogens is 220 g/mol. The molecule has 0 saturated carbocycles. The van der Waals surface area contributed by atoms with Crippen LogP contribution < -0.4 is 0 Å². The van der Waals surface area contributed by atoms with Crippen LogP contribution in [0.4, 0.5) is 0 Å². The Balaban J connectivity index is 2.16. The average Bonchev–Trinajstić information content (AvgIpc) is 2.41. The van der Waals surface area contributed by atoms with Gasteiger partial charge in [0.25, 0.3) is 0 Å². The summed E-state index contributed by atoms with van der Waals surface area (Å²) in [6, 6.07) is 16.3. The van der Waals surface area contributed by atoms with E-state index in [9.17, 15) is 5.11 Å². The summed E-state index contributed by atoms with van der Waals surface area (Å²) in [4.78, 5) is 0. The van der Waals surface area contributed by atoms with Crippen molar-refractivity contribution in [2.45, 2.75) is 32.6 Å². The molecule has 0 amide bonds. The highest BCUT2D eigenvalue weighted by Gasteiger charge is 2.04. The molecule has 1 heteroatoms. The second kappa shape index (κ2) is 6.25. The van der Waals surface area contributed by atoms with Crippen molar-refractivity contribution < 1.29 is 5.11 Å². The van der Waals surface area contributed by atoms with Crippen LogP contribution in [-0.4, -0.2) is 5.11 Å². The Morgan fingerprint density at radius 3 is 2.44 bits per heavy atom. The number of hydrogen-bond acceptors (Lipinski definition) is 1. The molecule has 0 aliphatic heterocycles. The van der Waals surface area contributed by atoms with Gasteiger partial charge in [-0.1, -0.05) is 55.8 Å². The number of aryl methyl sites for hydroxylation is 1. The fourth-order valence-electron chi connectivity index (χ4n) is 2.13. The summed E-state index contributed by atoms with van der Waals surface area (Å²) >= 11 is 0. The van der Waals surface area contributed by atoms with Crippen LogP contribution in [0.1, 0.15) is 36.5 Å². The molecule has 0 aliphatic carbocycles. The van der Waals surface area contributed by atoms with Gasteiger partial charge in [-0.15, -0.1) is 0 Å².